The highest BCUT2D eigenvalue weighted by molar-refractivity contribution is 9.10. The van der Waals surface area contributed by atoms with Crippen molar-refractivity contribution >= 4 is 44.6 Å². The van der Waals surface area contributed by atoms with E-state index >= 15 is 0 Å². The van der Waals surface area contributed by atoms with Gasteiger partial charge in [-0.2, -0.15) is 0 Å². The summed E-state index contributed by atoms with van der Waals surface area (Å²) in [7, 11) is 0. The van der Waals surface area contributed by atoms with Crippen LogP contribution in [0.15, 0.2) is 34.8 Å². The molecular formula is C13H11BrFN3S. The highest BCUT2D eigenvalue weighted by atomic mass is 79.9. The SMILES string of the molecule is Cc1cc(C(N)=S)cc(Nc2ccc(F)c(Br)c2)n1. The van der Waals surface area contributed by atoms with Crippen molar-refractivity contribution in [2.75, 3.05) is 5.32 Å². The fourth-order valence-corrected chi connectivity index (χ4v) is 2.09. The Morgan fingerprint density at radius 1 is 1.37 bits per heavy atom. The molecule has 0 aliphatic heterocycles. The Labute approximate surface area is 124 Å². The first-order valence-electron chi connectivity index (χ1n) is 5.46. The summed E-state index contributed by atoms with van der Waals surface area (Å²) in [6, 6.07) is 8.21. The van der Waals surface area contributed by atoms with Crippen molar-refractivity contribution in [3.8, 4) is 0 Å². The van der Waals surface area contributed by atoms with E-state index in [1.54, 1.807) is 18.2 Å². The van der Waals surface area contributed by atoms with E-state index in [4.69, 9.17) is 18.0 Å². The van der Waals surface area contributed by atoms with Gasteiger partial charge in [-0.1, -0.05) is 12.2 Å². The number of pyridine rings is 1. The molecule has 0 aliphatic carbocycles. The largest absolute Gasteiger partial charge is 0.389 e. The molecular weight excluding hydrogens is 329 g/mol. The number of nitrogens with two attached hydrogens (primary N) is 1. The van der Waals surface area contributed by atoms with E-state index in [9.17, 15) is 4.39 Å². The molecule has 3 N–H and O–H groups in total. The number of anilines is 2. The van der Waals surface area contributed by atoms with Crippen molar-refractivity contribution in [1.82, 2.24) is 4.98 Å². The van der Waals surface area contributed by atoms with Crippen LogP contribution in [0.1, 0.15) is 11.3 Å². The molecule has 0 amide bonds. The summed E-state index contributed by atoms with van der Waals surface area (Å²) >= 11 is 8.08. The number of aryl methyl sites for hydroxylation is 1. The smallest absolute Gasteiger partial charge is 0.137 e. The van der Waals surface area contributed by atoms with Gasteiger partial charge in [0, 0.05) is 16.9 Å². The number of benzene rings is 1. The molecule has 1 aromatic carbocycles. The van der Waals surface area contributed by atoms with Crippen LogP contribution in [0, 0.1) is 12.7 Å². The molecule has 0 saturated heterocycles. The Morgan fingerprint density at radius 3 is 2.74 bits per heavy atom. The molecule has 2 aromatic rings. The molecule has 0 atom stereocenters. The summed E-state index contributed by atoms with van der Waals surface area (Å²) in [6.45, 7) is 1.85. The monoisotopic (exact) mass is 339 g/mol. The van der Waals surface area contributed by atoms with Crippen molar-refractivity contribution in [2.45, 2.75) is 6.92 Å². The molecule has 1 heterocycles. The van der Waals surface area contributed by atoms with E-state index in [1.165, 1.54) is 6.07 Å². The molecule has 3 nitrogen and oxygen atoms in total. The van der Waals surface area contributed by atoms with Gasteiger partial charge in [0.1, 0.15) is 16.6 Å². The first-order chi connectivity index (χ1) is 8.95. The van der Waals surface area contributed by atoms with Crippen LogP contribution in [-0.4, -0.2) is 9.97 Å². The molecule has 0 spiro atoms. The Bertz CT molecular complexity index is 646. The van der Waals surface area contributed by atoms with Crippen LogP contribution in [0.4, 0.5) is 15.9 Å². The van der Waals surface area contributed by atoms with Gasteiger partial charge in [-0.05, 0) is 53.2 Å². The highest BCUT2D eigenvalue weighted by Crippen LogP contribution is 2.23. The highest BCUT2D eigenvalue weighted by Gasteiger charge is 2.05. The van der Waals surface area contributed by atoms with Crippen molar-refractivity contribution in [3.05, 3.63) is 51.9 Å². The van der Waals surface area contributed by atoms with Gasteiger partial charge in [-0.15, -0.1) is 0 Å². The maximum absolute atomic E-state index is 13.1. The molecule has 0 fully saturated rings. The molecule has 0 saturated carbocycles. The fraction of sp³-hybridized carbons (Fsp3) is 0.0769. The molecule has 6 heteroatoms. The number of halogens is 2. The lowest BCUT2D eigenvalue weighted by atomic mass is 10.2. The maximum atomic E-state index is 13.1. The number of aromatic nitrogens is 1. The fourth-order valence-electron chi connectivity index (χ4n) is 1.60. The minimum atomic E-state index is -0.313. The summed E-state index contributed by atoms with van der Waals surface area (Å²) in [6.07, 6.45) is 0. The number of nitrogens with zero attached hydrogens (tertiary/aromatic N) is 1. The molecule has 0 aliphatic rings. The topological polar surface area (TPSA) is 50.9 Å². The summed E-state index contributed by atoms with van der Waals surface area (Å²) in [5.41, 5.74) is 7.87. The molecule has 2 rings (SSSR count). The van der Waals surface area contributed by atoms with Gasteiger partial charge in [0.05, 0.1) is 4.47 Å². The Morgan fingerprint density at radius 2 is 2.11 bits per heavy atom. The van der Waals surface area contributed by atoms with E-state index in [2.05, 4.69) is 26.2 Å². The van der Waals surface area contributed by atoms with Crippen molar-refractivity contribution in [1.29, 1.82) is 0 Å². The third-order valence-corrected chi connectivity index (χ3v) is 3.27. The first kappa shape index (κ1) is 13.9. The molecule has 0 radical (unpaired) electrons. The number of thiocarbonyl (C=S) groups is 1. The van der Waals surface area contributed by atoms with Gasteiger partial charge >= 0.3 is 0 Å². The second-order valence-corrected chi connectivity index (χ2v) is 5.29. The average molecular weight is 340 g/mol. The Balaban J connectivity index is 2.32. The first-order valence-corrected chi connectivity index (χ1v) is 6.66. The molecule has 0 bridgehead atoms. The summed E-state index contributed by atoms with van der Waals surface area (Å²) in [5.74, 6) is 0.299. The van der Waals surface area contributed by atoms with Gasteiger partial charge in [0.25, 0.3) is 0 Å². The van der Waals surface area contributed by atoms with Crippen LogP contribution in [0.25, 0.3) is 0 Å². The quantitative estimate of drug-likeness (QED) is 0.837. The lowest BCUT2D eigenvalue weighted by molar-refractivity contribution is 0.621. The number of nitrogens with one attached hydrogen (secondary N) is 1. The van der Waals surface area contributed by atoms with E-state index in [0.29, 0.717) is 15.3 Å². The van der Waals surface area contributed by atoms with Gasteiger partial charge in [0.2, 0.25) is 0 Å². The van der Waals surface area contributed by atoms with E-state index in [1.807, 2.05) is 13.0 Å². The average Bonchev–Trinajstić information content (AvgIpc) is 2.33. The normalized spacial score (nSPS) is 10.3. The lowest BCUT2D eigenvalue weighted by Crippen LogP contribution is -2.10. The van der Waals surface area contributed by atoms with E-state index in [-0.39, 0.29) is 5.82 Å². The van der Waals surface area contributed by atoms with Gasteiger partial charge < -0.3 is 11.1 Å². The standard InChI is InChI=1S/C13H11BrFN3S/c1-7-4-8(13(16)19)5-12(17-7)18-9-2-3-11(15)10(14)6-9/h2-6H,1H3,(H2,16,19)(H,17,18). The third-order valence-electron chi connectivity index (χ3n) is 2.43. The van der Waals surface area contributed by atoms with Gasteiger partial charge in [-0.3, -0.25) is 0 Å². The number of hydrogen-bond donors (Lipinski definition) is 2. The summed E-state index contributed by atoms with van der Waals surface area (Å²) in [5, 5.41) is 3.09. The molecule has 1 aromatic heterocycles. The van der Waals surface area contributed by atoms with Crippen molar-refractivity contribution < 1.29 is 4.39 Å². The van der Waals surface area contributed by atoms with Crippen molar-refractivity contribution in [2.24, 2.45) is 5.73 Å². The zero-order valence-electron chi connectivity index (χ0n) is 10.1. The van der Waals surface area contributed by atoms with Crippen LogP contribution in [0.5, 0.6) is 0 Å². The Hall–Kier alpha value is -1.53. The molecule has 98 valence electrons. The van der Waals surface area contributed by atoms with Crippen LogP contribution in [0.3, 0.4) is 0 Å². The zero-order chi connectivity index (χ0) is 14.0. The minimum absolute atomic E-state index is 0.313. The number of hydrogen-bond acceptors (Lipinski definition) is 3. The van der Waals surface area contributed by atoms with Crippen LogP contribution >= 0.6 is 28.1 Å². The Kier molecular flexibility index (Phi) is 4.11. The van der Waals surface area contributed by atoms with Crippen LogP contribution in [-0.2, 0) is 0 Å². The number of rotatable bonds is 3. The predicted molar refractivity (Wildman–Crippen MR) is 82.2 cm³/mol. The lowest BCUT2D eigenvalue weighted by Gasteiger charge is -2.09. The van der Waals surface area contributed by atoms with Gasteiger partial charge in [0.15, 0.2) is 0 Å². The summed E-state index contributed by atoms with van der Waals surface area (Å²) in [4.78, 5) is 4.64. The van der Waals surface area contributed by atoms with E-state index < -0.39 is 0 Å². The minimum Gasteiger partial charge on any atom is -0.389 e. The van der Waals surface area contributed by atoms with Crippen LogP contribution < -0.4 is 11.1 Å². The second-order valence-electron chi connectivity index (χ2n) is 4.00. The van der Waals surface area contributed by atoms with Crippen LogP contribution in [0.2, 0.25) is 0 Å². The summed E-state index contributed by atoms with van der Waals surface area (Å²) < 4.78 is 13.5. The molecule has 0 unspecified atom stereocenters. The second kappa shape index (κ2) is 5.63. The predicted octanol–water partition coefficient (Wildman–Crippen LogP) is 3.67. The van der Waals surface area contributed by atoms with Gasteiger partial charge in [-0.25, -0.2) is 9.37 Å². The zero-order valence-corrected chi connectivity index (χ0v) is 12.5. The third kappa shape index (κ3) is 3.48. The molecule has 19 heavy (non-hydrogen) atoms. The van der Waals surface area contributed by atoms with E-state index in [0.717, 1.165) is 16.9 Å². The van der Waals surface area contributed by atoms with Crippen molar-refractivity contribution in [3.63, 3.8) is 0 Å². The maximum Gasteiger partial charge on any atom is 0.137 e.